The number of halogens is 1. The van der Waals surface area contributed by atoms with Crippen molar-refractivity contribution in [3.05, 3.63) is 70.2 Å². The summed E-state index contributed by atoms with van der Waals surface area (Å²) in [6, 6.07) is 17.8. The highest BCUT2D eigenvalue weighted by Crippen LogP contribution is 2.17. The van der Waals surface area contributed by atoms with Gasteiger partial charge in [-0.3, -0.25) is 4.79 Å². The van der Waals surface area contributed by atoms with E-state index in [1.807, 2.05) is 61.5 Å². The van der Waals surface area contributed by atoms with Crippen molar-refractivity contribution in [2.24, 2.45) is 0 Å². The maximum absolute atomic E-state index is 12.0. The van der Waals surface area contributed by atoms with E-state index in [1.54, 1.807) is 0 Å². The zero-order chi connectivity index (χ0) is 13.7. The Kier molecular flexibility index (Phi) is 4.74. The van der Waals surface area contributed by atoms with Crippen LogP contribution < -0.4 is 5.32 Å². The van der Waals surface area contributed by atoms with Crippen LogP contribution in [0.15, 0.2) is 59.1 Å². The summed E-state index contributed by atoms with van der Waals surface area (Å²) in [5.74, 6) is 0.0404. The van der Waals surface area contributed by atoms with Gasteiger partial charge >= 0.3 is 0 Å². The smallest absolute Gasteiger partial charge is 0.224 e. The van der Waals surface area contributed by atoms with Gasteiger partial charge in [-0.15, -0.1) is 0 Å². The zero-order valence-electron chi connectivity index (χ0n) is 10.8. The molecule has 3 heteroatoms. The first kappa shape index (κ1) is 13.8. The summed E-state index contributed by atoms with van der Waals surface area (Å²) >= 11 is 3.44. The molecule has 0 spiro atoms. The molecule has 2 aromatic rings. The molecule has 0 aliphatic rings. The Hall–Kier alpha value is -1.61. The predicted octanol–water partition coefficient (Wildman–Crippen LogP) is 3.87. The topological polar surface area (TPSA) is 29.1 Å². The van der Waals surface area contributed by atoms with Crippen LogP contribution in [-0.4, -0.2) is 5.91 Å². The van der Waals surface area contributed by atoms with E-state index in [9.17, 15) is 4.79 Å². The number of hydrogen-bond acceptors (Lipinski definition) is 1. The summed E-state index contributed by atoms with van der Waals surface area (Å²) in [5, 5.41) is 3.01. The van der Waals surface area contributed by atoms with Gasteiger partial charge in [0, 0.05) is 4.47 Å². The van der Waals surface area contributed by atoms with Crippen LogP contribution >= 0.6 is 15.9 Å². The highest BCUT2D eigenvalue weighted by atomic mass is 79.9. The quantitative estimate of drug-likeness (QED) is 0.911. The Balaban J connectivity index is 1.95. The average molecular weight is 318 g/mol. The Labute approximate surface area is 122 Å². The average Bonchev–Trinajstić information content (AvgIpc) is 2.39. The lowest BCUT2D eigenvalue weighted by atomic mass is 10.1. The van der Waals surface area contributed by atoms with E-state index in [1.165, 1.54) is 0 Å². The van der Waals surface area contributed by atoms with Crippen molar-refractivity contribution in [2.75, 3.05) is 0 Å². The summed E-state index contributed by atoms with van der Waals surface area (Å²) in [6.07, 6.45) is 0.416. The highest BCUT2D eigenvalue weighted by molar-refractivity contribution is 9.10. The molecule has 1 N–H and O–H groups in total. The van der Waals surface area contributed by atoms with Gasteiger partial charge in [-0.2, -0.15) is 0 Å². The first-order valence-electron chi connectivity index (χ1n) is 6.24. The van der Waals surface area contributed by atoms with Gasteiger partial charge in [0.1, 0.15) is 0 Å². The minimum absolute atomic E-state index is 0.00807. The van der Waals surface area contributed by atoms with Crippen LogP contribution in [-0.2, 0) is 11.2 Å². The molecule has 0 aromatic heterocycles. The molecule has 1 amide bonds. The molecule has 2 aromatic carbocycles. The van der Waals surface area contributed by atoms with Crippen LogP contribution in [0, 0.1) is 0 Å². The second-order valence-electron chi connectivity index (χ2n) is 4.51. The van der Waals surface area contributed by atoms with Gasteiger partial charge in [0.2, 0.25) is 5.91 Å². The minimum Gasteiger partial charge on any atom is -0.349 e. The molecular formula is C16H16BrNO. The molecule has 0 heterocycles. The Bertz CT molecular complexity index is 554. The summed E-state index contributed by atoms with van der Waals surface area (Å²) in [6.45, 7) is 1.99. The van der Waals surface area contributed by atoms with E-state index < -0.39 is 0 Å². The van der Waals surface area contributed by atoms with Gasteiger partial charge in [0.05, 0.1) is 12.5 Å². The normalized spacial score (nSPS) is 11.9. The van der Waals surface area contributed by atoms with Crippen LogP contribution in [0.2, 0.25) is 0 Å². The lowest BCUT2D eigenvalue weighted by molar-refractivity contribution is -0.121. The van der Waals surface area contributed by atoms with E-state index in [0.717, 1.165) is 15.6 Å². The number of carbonyl (C=O) groups excluding carboxylic acids is 1. The first-order valence-corrected chi connectivity index (χ1v) is 7.03. The van der Waals surface area contributed by atoms with E-state index in [-0.39, 0.29) is 11.9 Å². The molecule has 98 valence electrons. The third-order valence-corrected chi connectivity index (χ3v) is 3.43. The minimum atomic E-state index is 0.00807. The lowest BCUT2D eigenvalue weighted by Gasteiger charge is -2.14. The maximum Gasteiger partial charge on any atom is 0.224 e. The molecule has 1 atom stereocenters. The fraction of sp³-hybridized carbons (Fsp3) is 0.188. The van der Waals surface area contributed by atoms with Gasteiger partial charge in [-0.1, -0.05) is 58.4 Å². The number of carbonyl (C=O) groups is 1. The predicted molar refractivity (Wildman–Crippen MR) is 80.8 cm³/mol. The van der Waals surface area contributed by atoms with E-state index in [2.05, 4.69) is 21.2 Å². The van der Waals surface area contributed by atoms with Crippen LogP contribution in [0.25, 0.3) is 0 Å². The molecule has 2 nitrogen and oxygen atoms in total. The fourth-order valence-corrected chi connectivity index (χ4v) is 2.35. The molecule has 0 bridgehead atoms. The molecule has 19 heavy (non-hydrogen) atoms. The van der Waals surface area contributed by atoms with Gasteiger partial charge in [0.25, 0.3) is 0 Å². The largest absolute Gasteiger partial charge is 0.349 e. The van der Waals surface area contributed by atoms with Crippen molar-refractivity contribution in [3.63, 3.8) is 0 Å². The fourth-order valence-electron chi connectivity index (χ4n) is 1.93. The molecule has 0 radical (unpaired) electrons. The highest BCUT2D eigenvalue weighted by Gasteiger charge is 2.10. The third kappa shape index (κ3) is 4.21. The third-order valence-electron chi connectivity index (χ3n) is 2.93. The van der Waals surface area contributed by atoms with Crippen LogP contribution in [0.3, 0.4) is 0 Å². The number of nitrogens with one attached hydrogen (secondary N) is 1. The SMILES string of the molecule is C[C@H](NC(=O)Cc1ccccc1)c1cccc(Br)c1. The van der Waals surface area contributed by atoms with Gasteiger partial charge in [-0.05, 0) is 30.2 Å². The second-order valence-corrected chi connectivity index (χ2v) is 5.42. The second kappa shape index (κ2) is 6.53. The van der Waals surface area contributed by atoms with Gasteiger partial charge in [0.15, 0.2) is 0 Å². The summed E-state index contributed by atoms with van der Waals surface area (Å²) in [4.78, 5) is 12.0. The van der Waals surface area contributed by atoms with Crippen molar-refractivity contribution in [1.82, 2.24) is 5.32 Å². The maximum atomic E-state index is 12.0. The van der Waals surface area contributed by atoms with Crippen LogP contribution in [0.1, 0.15) is 24.1 Å². The number of hydrogen-bond donors (Lipinski definition) is 1. The van der Waals surface area contributed by atoms with E-state index in [0.29, 0.717) is 6.42 Å². The van der Waals surface area contributed by atoms with Crippen molar-refractivity contribution in [2.45, 2.75) is 19.4 Å². The van der Waals surface area contributed by atoms with Crippen molar-refractivity contribution >= 4 is 21.8 Å². The molecule has 0 unspecified atom stereocenters. The van der Waals surface area contributed by atoms with Gasteiger partial charge < -0.3 is 5.32 Å². The molecule has 0 aliphatic heterocycles. The molecular weight excluding hydrogens is 302 g/mol. The van der Waals surface area contributed by atoms with Crippen molar-refractivity contribution < 1.29 is 4.79 Å². The molecule has 0 saturated heterocycles. The summed E-state index contributed by atoms with van der Waals surface area (Å²) in [7, 11) is 0. The first-order chi connectivity index (χ1) is 9.15. The van der Waals surface area contributed by atoms with Crippen LogP contribution in [0.4, 0.5) is 0 Å². The molecule has 0 fully saturated rings. The Morgan fingerprint density at radius 2 is 1.89 bits per heavy atom. The summed E-state index contributed by atoms with van der Waals surface area (Å²) < 4.78 is 1.02. The molecule has 0 saturated carbocycles. The Morgan fingerprint density at radius 1 is 1.16 bits per heavy atom. The van der Waals surface area contributed by atoms with Crippen molar-refractivity contribution in [1.29, 1.82) is 0 Å². The lowest BCUT2D eigenvalue weighted by Crippen LogP contribution is -2.28. The van der Waals surface area contributed by atoms with Gasteiger partial charge in [-0.25, -0.2) is 0 Å². The number of benzene rings is 2. The molecule has 0 aliphatic carbocycles. The Morgan fingerprint density at radius 3 is 2.58 bits per heavy atom. The number of rotatable bonds is 4. The standard InChI is InChI=1S/C16H16BrNO/c1-12(14-8-5-9-15(17)11-14)18-16(19)10-13-6-3-2-4-7-13/h2-9,11-12H,10H2,1H3,(H,18,19)/t12-/m0/s1. The van der Waals surface area contributed by atoms with E-state index in [4.69, 9.17) is 0 Å². The number of amides is 1. The molecule has 2 rings (SSSR count). The summed E-state index contributed by atoms with van der Waals surface area (Å²) in [5.41, 5.74) is 2.12. The van der Waals surface area contributed by atoms with E-state index >= 15 is 0 Å². The van der Waals surface area contributed by atoms with Crippen LogP contribution in [0.5, 0.6) is 0 Å². The van der Waals surface area contributed by atoms with Crippen molar-refractivity contribution in [3.8, 4) is 0 Å². The zero-order valence-corrected chi connectivity index (χ0v) is 12.4. The monoisotopic (exact) mass is 317 g/mol.